The van der Waals surface area contributed by atoms with Crippen LogP contribution in [0.4, 0.5) is 0 Å². The second-order valence-electron chi connectivity index (χ2n) is 7.59. The normalized spacial score (nSPS) is 12.6. The summed E-state index contributed by atoms with van der Waals surface area (Å²) < 4.78 is 6.66. The van der Waals surface area contributed by atoms with Crippen LogP contribution in [0.3, 0.4) is 0 Å². The average Bonchev–Trinajstić information content (AvgIpc) is 2.79. The molecule has 1 atom stereocenters. The summed E-state index contributed by atoms with van der Waals surface area (Å²) in [5, 5.41) is 10.6. The van der Waals surface area contributed by atoms with E-state index in [-0.39, 0.29) is 0 Å². The minimum Gasteiger partial charge on any atom is -0.391 e. The summed E-state index contributed by atoms with van der Waals surface area (Å²) in [7, 11) is 0. The van der Waals surface area contributed by atoms with Gasteiger partial charge < -0.3 is 9.84 Å². The maximum Gasteiger partial charge on any atom is 0.143 e. The molecule has 0 amide bonds. The fourth-order valence-corrected chi connectivity index (χ4v) is 3.88. The molecule has 1 unspecified atom stereocenters. The topological polar surface area (TPSA) is 29.5 Å². The van der Waals surface area contributed by atoms with E-state index in [4.69, 9.17) is 4.74 Å². The van der Waals surface area contributed by atoms with E-state index in [1.165, 1.54) is 12.8 Å². The van der Waals surface area contributed by atoms with Crippen molar-refractivity contribution in [3.05, 3.63) is 108 Å². The maximum absolute atomic E-state index is 10.6. The number of ether oxygens (including phenoxy) is 1. The van der Waals surface area contributed by atoms with Crippen LogP contribution in [0.1, 0.15) is 55.7 Å². The summed E-state index contributed by atoms with van der Waals surface area (Å²) in [5.74, 6) is 0. The van der Waals surface area contributed by atoms with Crippen LogP contribution in [0.2, 0.25) is 0 Å². The summed E-state index contributed by atoms with van der Waals surface area (Å²) in [6.07, 6.45) is 4.92. The number of unbranched alkanes of at least 4 members (excludes halogenated alkanes) is 3. The van der Waals surface area contributed by atoms with Crippen LogP contribution in [0.25, 0.3) is 0 Å². The minimum absolute atomic E-state index is 0.296. The first-order valence-electron chi connectivity index (χ1n) is 10.8. The van der Waals surface area contributed by atoms with E-state index < -0.39 is 11.7 Å². The Morgan fingerprint density at radius 1 is 0.690 bits per heavy atom. The van der Waals surface area contributed by atoms with Crippen LogP contribution in [0.15, 0.2) is 91.0 Å². The van der Waals surface area contributed by atoms with Crippen molar-refractivity contribution in [1.29, 1.82) is 0 Å². The van der Waals surface area contributed by atoms with E-state index in [0.29, 0.717) is 6.61 Å². The van der Waals surface area contributed by atoms with Crippen molar-refractivity contribution in [2.45, 2.75) is 50.7 Å². The Morgan fingerprint density at radius 3 is 1.55 bits per heavy atom. The van der Waals surface area contributed by atoms with Crippen molar-refractivity contribution < 1.29 is 9.84 Å². The van der Waals surface area contributed by atoms with Gasteiger partial charge in [-0.3, -0.25) is 0 Å². The number of rotatable bonds is 11. The lowest BCUT2D eigenvalue weighted by Gasteiger charge is -2.36. The molecule has 0 spiro atoms. The Morgan fingerprint density at radius 2 is 1.14 bits per heavy atom. The Kier molecular flexibility index (Phi) is 8.03. The Balaban J connectivity index is 1.95. The Hall–Kier alpha value is -2.42. The number of aliphatic hydroxyl groups excluding tert-OH is 1. The smallest absolute Gasteiger partial charge is 0.143 e. The summed E-state index contributed by atoms with van der Waals surface area (Å²) in [4.78, 5) is 0. The molecule has 3 aromatic carbocycles. The highest BCUT2D eigenvalue weighted by Gasteiger charge is 2.37. The van der Waals surface area contributed by atoms with Crippen molar-refractivity contribution in [2.24, 2.45) is 0 Å². The first-order chi connectivity index (χ1) is 14.3. The van der Waals surface area contributed by atoms with Crippen molar-refractivity contribution in [3.8, 4) is 0 Å². The average molecular weight is 389 g/mol. The molecule has 152 valence electrons. The first-order valence-corrected chi connectivity index (χ1v) is 10.8. The standard InChI is InChI=1S/C27H32O2/c1-2-3-4-14-21-26(28)22-29-27(23-15-8-5-9-16-23,24-17-10-6-11-18-24)25-19-12-7-13-20-25/h5-13,15-20,26,28H,2-4,14,21-22H2,1H3. The van der Waals surface area contributed by atoms with Gasteiger partial charge in [-0.25, -0.2) is 0 Å². The zero-order valence-electron chi connectivity index (χ0n) is 17.3. The number of hydrogen-bond acceptors (Lipinski definition) is 2. The van der Waals surface area contributed by atoms with Gasteiger partial charge in [-0.1, -0.05) is 124 Å². The molecule has 29 heavy (non-hydrogen) atoms. The third-order valence-electron chi connectivity index (χ3n) is 5.42. The van der Waals surface area contributed by atoms with Gasteiger partial charge in [0.25, 0.3) is 0 Å². The SMILES string of the molecule is CCCCCCC(O)COC(c1ccccc1)(c1ccccc1)c1ccccc1. The lowest BCUT2D eigenvalue weighted by atomic mass is 9.80. The van der Waals surface area contributed by atoms with Crippen LogP contribution in [-0.4, -0.2) is 17.8 Å². The van der Waals surface area contributed by atoms with Crippen LogP contribution in [-0.2, 0) is 10.3 Å². The lowest BCUT2D eigenvalue weighted by Crippen LogP contribution is -2.35. The molecule has 0 radical (unpaired) electrons. The molecule has 1 N–H and O–H groups in total. The van der Waals surface area contributed by atoms with Crippen LogP contribution in [0.5, 0.6) is 0 Å². The molecule has 0 aliphatic carbocycles. The van der Waals surface area contributed by atoms with Crippen molar-refractivity contribution in [3.63, 3.8) is 0 Å². The Labute approximate surface area is 175 Å². The van der Waals surface area contributed by atoms with Crippen LogP contribution >= 0.6 is 0 Å². The summed E-state index contributed by atoms with van der Waals surface area (Å²) in [5.41, 5.74) is 2.44. The molecule has 0 saturated carbocycles. The van der Waals surface area contributed by atoms with Crippen molar-refractivity contribution in [2.75, 3.05) is 6.61 Å². The molecule has 0 bridgehead atoms. The van der Waals surface area contributed by atoms with Gasteiger partial charge in [-0.2, -0.15) is 0 Å². The molecule has 0 aliphatic rings. The monoisotopic (exact) mass is 388 g/mol. The fraction of sp³-hybridized carbons (Fsp3) is 0.333. The highest BCUT2D eigenvalue weighted by atomic mass is 16.5. The number of aliphatic hydroxyl groups is 1. The molecule has 2 heteroatoms. The highest BCUT2D eigenvalue weighted by Crippen LogP contribution is 2.40. The van der Waals surface area contributed by atoms with Gasteiger partial charge >= 0.3 is 0 Å². The quantitative estimate of drug-likeness (QED) is 0.307. The first kappa shape index (κ1) is 21.3. The van der Waals surface area contributed by atoms with Crippen molar-refractivity contribution in [1.82, 2.24) is 0 Å². The molecule has 0 aromatic heterocycles. The zero-order chi connectivity index (χ0) is 20.4. The summed E-state index contributed by atoms with van der Waals surface area (Å²) in [6, 6.07) is 30.9. The largest absolute Gasteiger partial charge is 0.391 e. The Bertz CT molecular complexity index is 718. The predicted octanol–water partition coefficient (Wildman–Crippen LogP) is 6.33. The second kappa shape index (κ2) is 10.9. The molecule has 0 saturated heterocycles. The molecule has 3 rings (SSSR count). The van der Waals surface area contributed by atoms with Gasteiger partial charge in [-0.15, -0.1) is 0 Å². The zero-order valence-corrected chi connectivity index (χ0v) is 17.3. The summed E-state index contributed by atoms with van der Waals surface area (Å²) in [6.45, 7) is 2.50. The molecular weight excluding hydrogens is 356 g/mol. The van der Waals surface area contributed by atoms with E-state index in [2.05, 4.69) is 43.3 Å². The van der Waals surface area contributed by atoms with E-state index in [1.54, 1.807) is 0 Å². The summed E-state index contributed by atoms with van der Waals surface area (Å²) >= 11 is 0. The van der Waals surface area contributed by atoms with E-state index in [0.717, 1.165) is 36.0 Å². The molecule has 2 nitrogen and oxygen atoms in total. The van der Waals surface area contributed by atoms with Crippen LogP contribution in [0, 0.1) is 0 Å². The lowest BCUT2D eigenvalue weighted by molar-refractivity contribution is -0.0405. The number of benzene rings is 3. The second-order valence-corrected chi connectivity index (χ2v) is 7.59. The molecular formula is C27H32O2. The fourth-order valence-electron chi connectivity index (χ4n) is 3.88. The van der Waals surface area contributed by atoms with Gasteiger partial charge in [0.15, 0.2) is 0 Å². The van der Waals surface area contributed by atoms with Gasteiger partial charge in [0, 0.05) is 0 Å². The van der Waals surface area contributed by atoms with Crippen LogP contribution < -0.4 is 0 Å². The third-order valence-corrected chi connectivity index (χ3v) is 5.42. The number of hydrogen-bond donors (Lipinski definition) is 1. The predicted molar refractivity (Wildman–Crippen MR) is 120 cm³/mol. The maximum atomic E-state index is 10.6. The minimum atomic E-state index is -0.756. The van der Waals surface area contributed by atoms with E-state index in [9.17, 15) is 5.11 Å². The molecule has 0 heterocycles. The third kappa shape index (κ3) is 5.35. The van der Waals surface area contributed by atoms with E-state index >= 15 is 0 Å². The molecule has 0 aliphatic heterocycles. The van der Waals surface area contributed by atoms with Gasteiger partial charge in [0.2, 0.25) is 0 Å². The molecule has 3 aromatic rings. The van der Waals surface area contributed by atoms with Crippen molar-refractivity contribution >= 4 is 0 Å². The highest BCUT2D eigenvalue weighted by molar-refractivity contribution is 5.47. The van der Waals surface area contributed by atoms with Gasteiger partial charge in [0.05, 0.1) is 12.7 Å². The van der Waals surface area contributed by atoms with Gasteiger partial charge in [0.1, 0.15) is 5.60 Å². The molecule has 0 fully saturated rings. The van der Waals surface area contributed by atoms with E-state index in [1.807, 2.05) is 54.6 Å². The van der Waals surface area contributed by atoms with Gasteiger partial charge in [-0.05, 0) is 23.1 Å².